The van der Waals surface area contributed by atoms with Crippen molar-refractivity contribution in [3.8, 4) is 5.75 Å². The quantitative estimate of drug-likeness (QED) is 0.365. The Morgan fingerprint density at radius 1 is 1.08 bits per heavy atom. The number of hydrogen-bond donors (Lipinski definition) is 0. The van der Waals surface area contributed by atoms with Crippen molar-refractivity contribution in [3.63, 3.8) is 0 Å². The molecule has 0 radical (unpaired) electrons. The summed E-state index contributed by atoms with van der Waals surface area (Å²) in [4.78, 5) is 28.6. The standard InChI is InChI=1S/C29H38ClNO6/c1-8-35-27(32)25-23(29(4,5)6)26(36-17-20-16-21(30)14-15-22(20)34-7)24(19-12-10-9-11-13-19)31(25)28(33)37-18(2)3/h9-16,18,23-26H,8,17H2,1-7H3/t23-,24+,25+,26?/m0/s1. The van der Waals surface area contributed by atoms with E-state index in [-0.39, 0.29) is 19.3 Å². The van der Waals surface area contributed by atoms with Gasteiger partial charge in [-0.3, -0.25) is 4.90 Å². The third kappa shape index (κ3) is 6.57. The van der Waals surface area contributed by atoms with Crippen molar-refractivity contribution in [3.05, 3.63) is 64.7 Å². The summed E-state index contributed by atoms with van der Waals surface area (Å²) < 4.78 is 23.3. The molecule has 0 N–H and O–H groups in total. The molecule has 0 aromatic heterocycles. The summed E-state index contributed by atoms with van der Waals surface area (Å²) in [5.74, 6) is -0.235. The fourth-order valence-electron chi connectivity index (χ4n) is 5.07. The van der Waals surface area contributed by atoms with E-state index in [4.69, 9.17) is 30.5 Å². The molecule has 2 aromatic carbocycles. The van der Waals surface area contributed by atoms with Crippen LogP contribution >= 0.6 is 11.6 Å². The molecule has 37 heavy (non-hydrogen) atoms. The lowest BCUT2D eigenvalue weighted by molar-refractivity contribution is -0.151. The van der Waals surface area contributed by atoms with E-state index >= 15 is 0 Å². The minimum atomic E-state index is -0.900. The van der Waals surface area contributed by atoms with Crippen LogP contribution in [0.25, 0.3) is 0 Å². The molecular formula is C29H38ClNO6. The second-order valence-corrected chi connectivity index (χ2v) is 11.0. The number of likely N-dealkylation sites (tertiary alicyclic amines) is 1. The lowest BCUT2D eigenvalue weighted by Crippen LogP contribution is -2.48. The number of rotatable bonds is 8. The number of amides is 1. The molecule has 1 heterocycles. The molecule has 1 aliphatic rings. The second kappa shape index (κ2) is 12.2. The second-order valence-electron chi connectivity index (χ2n) is 10.5. The number of esters is 1. The van der Waals surface area contributed by atoms with Crippen LogP contribution in [0.1, 0.15) is 58.7 Å². The zero-order valence-electron chi connectivity index (χ0n) is 22.7. The van der Waals surface area contributed by atoms with Gasteiger partial charge in [0, 0.05) is 16.5 Å². The number of nitrogens with zero attached hydrogens (tertiary/aromatic N) is 1. The van der Waals surface area contributed by atoms with Crippen LogP contribution in [0.2, 0.25) is 5.02 Å². The van der Waals surface area contributed by atoms with Crippen LogP contribution in [0.3, 0.4) is 0 Å². The maximum atomic E-state index is 13.6. The van der Waals surface area contributed by atoms with E-state index in [2.05, 4.69) is 0 Å². The van der Waals surface area contributed by atoms with Crippen LogP contribution in [0, 0.1) is 11.3 Å². The van der Waals surface area contributed by atoms with Gasteiger partial charge in [-0.25, -0.2) is 9.59 Å². The minimum absolute atomic E-state index is 0.174. The van der Waals surface area contributed by atoms with Crippen molar-refractivity contribution in [1.29, 1.82) is 0 Å². The lowest BCUT2D eigenvalue weighted by Gasteiger charge is -2.35. The number of ether oxygens (including phenoxy) is 4. The van der Waals surface area contributed by atoms with Crippen molar-refractivity contribution < 1.29 is 28.5 Å². The number of carbonyl (C=O) groups excluding carboxylic acids is 2. The van der Waals surface area contributed by atoms with Gasteiger partial charge in [-0.05, 0) is 49.9 Å². The summed E-state index contributed by atoms with van der Waals surface area (Å²) in [6, 6.07) is 13.4. The number of hydrogen-bond acceptors (Lipinski definition) is 6. The highest BCUT2D eigenvalue weighted by atomic mass is 35.5. The van der Waals surface area contributed by atoms with Gasteiger partial charge < -0.3 is 18.9 Å². The summed E-state index contributed by atoms with van der Waals surface area (Å²) in [7, 11) is 1.59. The number of halogens is 1. The van der Waals surface area contributed by atoms with Gasteiger partial charge in [-0.2, -0.15) is 0 Å². The van der Waals surface area contributed by atoms with Crippen LogP contribution in [-0.4, -0.2) is 48.9 Å². The largest absolute Gasteiger partial charge is 0.496 e. The molecule has 8 heteroatoms. The fourth-order valence-corrected chi connectivity index (χ4v) is 5.26. The minimum Gasteiger partial charge on any atom is -0.496 e. The third-order valence-electron chi connectivity index (χ3n) is 6.49. The van der Waals surface area contributed by atoms with Gasteiger partial charge in [0.2, 0.25) is 0 Å². The number of benzene rings is 2. The highest BCUT2D eigenvalue weighted by Crippen LogP contribution is 2.50. The Hall–Kier alpha value is -2.77. The molecule has 3 rings (SSSR count). The average Bonchev–Trinajstić information content (AvgIpc) is 3.19. The molecular weight excluding hydrogens is 494 g/mol. The Balaban J connectivity index is 2.16. The van der Waals surface area contributed by atoms with E-state index in [1.54, 1.807) is 46.1 Å². The number of methoxy groups -OCH3 is 1. The first-order chi connectivity index (χ1) is 17.5. The average molecular weight is 532 g/mol. The van der Waals surface area contributed by atoms with Gasteiger partial charge in [0.05, 0.1) is 38.6 Å². The Kier molecular flexibility index (Phi) is 9.48. The highest BCUT2D eigenvalue weighted by Gasteiger charge is 2.59. The predicted octanol–water partition coefficient (Wildman–Crippen LogP) is 6.43. The van der Waals surface area contributed by atoms with Crippen LogP contribution in [0.15, 0.2) is 48.5 Å². The van der Waals surface area contributed by atoms with Gasteiger partial charge in [0.25, 0.3) is 0 Å². The Labute approximate surface area is 225 Å². The molecule has 1 aliphatic heterocycles. The summed E-state index contributed by atoms with van der Waals surface area (Å²) >= 11 is 6.27. The van der Waals surface area contributed by atoms with E-state index in [9.17, 15) is 9.59 Å². The Bertz CT molecular complexity index is 1070. The van der Waals surface area contributed by atoms with E-state index in [1.807, 2.05) is 51.1 Å². The van der Waals surface area contributed by atoms with Crippen LogP contribution in [0.5, 0.6) is 5.75 Å². The first kappa shape index (κ1) is 28.8. The maximum absolute atomic E-state index is 13.6. The van der Waals surface area contributed by atoms with Crippen LogP contribution in [-0.2, 0) is 25.6 Å². The van der Waals surface area contributed by atoms with Crippen molar-refractivity contribution in [2.75, 3.05) is 13.7 Å². The van der Waals surface area contributed by atoms with E-state index in [0.29, 0.717) is 10.8 Å². The lowest BCUT2D eigenvalue weighted by atomic mass is 9.73. The smallest absolute Gasteiger partial charge is 0.411 e. The van der Waals surface area contributed by atoms with Gasteiger partial charge in [-0.1, -0.05) is 62.7 Å². The fraction of sp³-hybridized carbons (Fsp3) is 0.517. The summed E-state index contributed by atoms with van der Waals surface area (Å²) in [6.45, 7) is 11.8. The van der Waals surface area contributed by atoms with Gasteiger partial charge in [0.1, 0.15) is 11.8 Å². The molecule has 1 unspecified atom stereocenters. The molecule has 0 spiro atoms. The molecule has 0 bridgehead atoms. The molecule has 4 atom stereocenters. The summed E-state index contributed by atoms with van der Waals surface area (Å²) in [5.41, 5.74) is 1.18. The van der Waals surface area contributed by atoms with E-state index in [0.717, 1.165) is 11.1 Å². The van der Waals surface area contributed by atoms with Gasteiger partial charge in [0.15, 0.2) is 0 Å². The molecule has 1 amide bonds. The molecule has 7 nitrogen and oxygen atoms in total. The predicted molar refractivity (Wildman–Crippen MR) is 143 cm³/mol. The molecule has 2 aromatic rings. The summed E-state index contributed by atoms with van der Waals surface area (Å²) in [5, 5.41) is 0.560. The first-order valence-electron chi connectivity index (χ1n) is 12.6. The molecule has 0 aliphatic carbocycles. The van der Waals surface area contributed by atoms with Gasteiger partial charge in [-0.15, -0.1) is 0 Å². The maximum Gasteiger partial charge on any atom is 0.411 e. The zero-order chi connectivity index (χ0) is 27.3. The normalized spacial score (nSPS) is 21.7. The Morgan fingerprint density at radius 2 is 1.76 bits per heavy atom. The molecule has 1 fully saturated rings. The molecule has 202 valence electrons. The highest BCUT2D eigenvalue weighted by molar-refractivity contribution is 6.30. The monoisotopic (exact) mass is 531 g/mol. The summed E-state index contributed by atoms with van der Waals surface area (Å²) in [6.07, 6.45) is -1.50. The van der Waals surface area contributed by atoms with Crippen LogP contribution in [0.4, 0.5) is 4.79 Å². The van der Waals surface area contributed by atoms with Crippen molar-refractivity contribution in [1.82, 2.24) is 4.90 Å². The third-order valence-corrected chi connectivity index (χ3v) is 6.73. The zero-order valence-corrected chi connectivity index (χ0v) is 23.5. The van der Waals surface area contributed by atoms with E-state index in [1.165, 1.54) is 4.90 Å². The van der Waals surface area contributed by atoms with Crippen LogP contribution < -0.4 is 4.74 Å². The SMILES string of the molecule is CCOC(=O)[C@H]1[C@H](C(C)(C)C)C(OCc2cc(Cl)ccc2OC)[C@@H](c2ccccc2)N1C(=O)OC(C)C. The van der Waals surface area contributed by atoms with Crippen molar-refractivity contribution in [2.24, 2.45) is 11.3 Å². The topological polar surface area (TPSA) is 74.3 Å². The van der Waals surface area contributed by atoms with E-state index < -0.39 is 41.6 Å². The number of carbonyl (C=O) groups is 2. The van der Waals surface area contributed by atoms with Gasteiger partial charge >= 0.3 is 12.1 Å². The van der Waals surface area contributed by atoms with Crippen molar-refractivity contribution in [2.45, 2.75) is 72.4 Å². The first-order valence-corrected chi connectivity index (χ1v) is 13.0. The Morgan fingerprint density at radius 3 is 2.32 bits per heavy atom. The molecule has 0 saturated carbocycles. The molecule has 1 saturated heterocycles. The van der Waals surface area contributed by atoms with Crippen molar-refractivity contribution >= 4 is 23.7 Å².